The summed E-state index contributed by atoms with van der Waals surface area (Å²) < 4.78 is 0. The number of nitrogens with one attached hydrogen (secondary N) is 1. The fourth-order valence-corrected chi connectivity index (χ4v) is 1.78. The van der Waals surface area contributed by atoms with E-state index in [9.17, 15) is 4.79 Å². The summed E-state index contributed by atoms with van der Waals surface area (Å²) in [5.74, 6) is -0.603. The first-order valence-electron chi connectivity index (χ1n) is 5.95. The molecule has 0 saturated carbocycles. The van der Waals surface area contributed by atoms with Gasteiger partial charge in [0.25, 0.3) is 0 Å². The van der Waals surface area contributed by atoms with E-state index in [4.69, 9.17) is 5.11 Å². The molecule has 5 nitrogen and oxygen atoms in total. The van der Waals surface area contributed by atoms with Gasteiger partial charge in [0.1, 0.15) is 11.4 Å². The van der Waals surface area contributed by atoms with E-state index in [-0.39, 0.29) is 11.6 Å². The first-order valence-corrected chi connectivity index (χ1v) is 5.95. The molecule has 0 aliphatic heterocycles. The molecule has 0 bridgehead atoms. The van der Waals surface area contributed by atoms with E-state index in [1.54, 1.807) is 24.5 Å². The van der Waals surface area contributed by atoms with E-state index in [2.05, 4.69) is 15.3 Å². The highest BCUT2D eigenvalue weighted by Gasteiger charge is 2.14. The molecule has 98 valence electrons. The average molecular weight is 257 g/mol. The van der Waals surface area contributed by atoms with E-state index in [0.29, 0.717) is 5.82 Å². The molecular weight excluding hydrogens is 242 g/mol. The molecule has 2 aromatic rings. The minimum absolute atomic E-state index is 0.0459. The lowest BCUT2D eigenvalue weighted by atomic mass is 10.1. The highest BCUT2D eigenvalue weighted by molar-refractivity contribution is 5.93. The molecule has 0 aliphatic rings. The lowest BCUT2D eigenvalue weighted by Crippen LogP contribution is -2.12. The Labute approximate surface area is 111 Å². The molecular formula is C14H15N3O2. The zero-order valence-electron chi connectivity index (χ0n) is 10.8. The molecule has 2 rings (SSSR count). The van der Waals surface area contributed by atoms with Crippen molar-refractivity contribution in [3.05, 3.63) is 53.5 Å². The second kappa shape index (κ2) is 5.48. The van der Waals surface area contributed by atoms with Crippen molar-refractivity contribution in [1.82, 2.24) is 9.97 Å². The predicted molar refractivity (Wildman–Crippen MR) is 72.2 cm³/mol. The second-order valence-corrected chi connectivity index (χ2v) is 4.30. The minimum Gasteiger partial charge on any atom is -0.478 e. The van der Waals surface area contributed by atoms with Crippen LogP contribution in [0.4, 0.5) is 5.82 Å². The number of nitrogens with zero attached hydrogens (tertiary/aromatic N) is 2. The maximum atomic E-state index is 11.2. The van der Waals surface area contributed by atoms with E-state index in [1.165, 1.54) is 0 Å². The molecule has 0 amide bonds. The molecule has 0 saturated heterocycles. The van der Waals surface area contributed by atoms with Gasteiger partial charge in [-0.2, -0.15) is 0 Å². The van der Waals surface area contributed by atoms with Gasteiger partial charge in [0.05, 0.1) is 6.04 Å². The average Bonchev–Trinajstić information content (AvgIpc) is 2.39. The van der Waals surface area contributed by atoms with Gasteiger partial charge in [0.2, 0.25) is 0 Å². The van der Waals surface area contributed by atoms with Gasteiger partial charge in [-0.25, -0.2) is 9.78 Å². The summed E-state index contributed by atoms with van der Waals surface area (Å²) in [5.41, 5.74) is 1.97. The van der Waals surface area contributed by atoms with Crippen molar-refractivity contribution in [2.45, 2.75) is 19.9 Å². The van der Waals surface area contributed by atoms with Crippen LogP contribution < -0.4 is 5.32 Å². The third-order valence-corrected chi connectivity index (χ3v) is 2.82. The number of anilines is 1. The van der Waals surface area contributed by atoms with Gasteiger partial charge in [-0.1, -0.05) is 0 Å². The van der Waals surface area contributed by atoms with E-state index in [0.717, 1.165) is 11.3 Å². The van der Waals surface area contributed by atoms with Crippen LogP contribution in [0.3, 0.4) is 0 Å². The summed E-state index contributed by atoms with van der Waals surface area (Å²) in [6.45, 7) is 3.78. The van der Waals surface area contributed by atoms with Crippen molar-refractivity contribution in [1.29, 1.82) is 0 Å². The predicted octanol–water partition coefficient (Wildman–Crippen LogP) is 2.66. The smallest absolute Gasteiger partial charge is 0.339 e. The van der Waals surface area contributed by atoms with Crippen molar-refractivity contribution in [3.8, 4) is 0 Å². The Morgan fingerprint density at radius 3 is 2.58 bits per heavy atom. The number of carboxylic acids is 1. The van der Waals surface area contributed by atoms with Crippen molar-refractivity contribution < 1.29 is 9.90 Å². The Kier molecular flexibility index (Phi) is 3.75. The molecule has 2 aromatic heterocycles. The van der Waals surface area contributed by atoms with Crippen LogP contribution in [0.1, 0.15) is 34.6 Å². The Morgan fingerprint density at radius 2 is 1.95 bits per heavy atom. The number of aromatic carboxylic acids is 1. The summed E-state index contributed by atoms with van der Waals surface area (Å²) in [6, 6.07) is 6.97. The molecule has 0 radical (unpaired) electrons. The van der Waals surface area contributed by atoms with Crippen molar-refractivity contribution in [2.75, 3.05) is 5.32 Å². The summed E-state index contributed by atoms with van der Waals surface area (Å²) in [4.78, 5) is 19.4. The lowest BCUT2D eigenvalue weighted by molar-refractivity contribution is 0.0697. The van der Waals surface area contributed by atoms with Crippen LogP contribution in [0.5, 0.6) is 0 Å². The van der Waals surface area contributed by atoms with E-state index >= 15 is 0 Å². The van der Waals surface area contributed by atoms with Gasteiger partial charge < -0.3 is 10.4 Å². The molecule has 1 atom stereocenters. The SMILES string of the molecule is Cc1ccc(C(=O)O)c(NC(C)c2ccncc2)n1. The largest absolute Gasteiger partial charge is 0.478 e. The van der Waals surface area contributed by atoms with Crippen LogP contribution in [0.15, 0.2) is 36.7 Å². The molecule has 0 aromatic carbocycles. The Morgan fingerprint density at radius 1 is 1.26 bits per heavy atom. The molecule has 1 unspecified atom stereocenters. The maximum Gasteiger partial charge on any atom is 0.339 e. The summed E-state index contributed by atoms with van der Waals surface area (Å²) >= 11 is 0. The van der Waals surface area contributed by atoms with Crippen molar-refractivity contribution >= 4 is 11.8 Å². The number of carboxylic acid groups (broad SMARTS) is 1. The van der Waals surface area contributed by atoms with Gasteiger partial charge in [0, 0.05) is 18.1 Å². The number of rotatable bonds is 4. The summed E-state index contributed by atoms with van der Waals surface area (Å²) in [6.07, 6.45) is 3.41. The van der Waals surface area contributed by atoms with Crippen LogP contribution in [0.2, 0.25) is 0 Å². The fraction of sp³-hybridized carbons (Fsp3) is 0.214. The zero-order chi connectivity index (χ0) is 13.8. The van der Waals surface area contributed by atoms with Gasteiger partial charge >= 0.3 is 5.97 Å². The van der Waals surface area contributed by atoms with Crippen LogP contribution >= 0.6 is 0 Å². The van der Waals surface area contributed by atoms with Crippen LogP contribution in [-0.2, 0) is 0 Å². The molecule has 5 heteroatoms. The number of hydrogen-bond acceptors (Lipinski definition) is 4. The van der Waals surface area contributed by atoms with Gasteiger partial charge in [-0.05, 0) is 43.7 Å². The highest BCUT2D eigenvalue weighted by Crippen LogP contribution is 2.20. The number of hydrogen-bond donors (Lipinski definition) is 2. The first-order chi connectivity index (χ1) is 9.08. The molecule has 19 heavy (non-hydrogen) atoms. The zero-order valence-corrected chi connectivity index (χ0v) is 10.8. The maximum absolute atomic E-state index is 11.2. The van der Waals surface area contributed by atoms with Crippen molar-refractivity contribution in [3.63, 3.8) is 0 Å². The molecule has 0 spiro atoms. The second-order valence-electron chi connectivity index (χ2n) is 4.30. The molecule has 0 aliphatic carbocycles. The van der Waals surface area contributed by atoms with E-state index in [1.807, 2.05) is 26.0 Å². The highest BCUT2D eigenvalue weighted by atomic mass is 16.4. The van der Waals surface area contributed by atoms with Crippen LogP contribution in [-0.4, -0.2) is 21.0 Å². The number of aryl methyl sites for hydroxylation is 1. The third-order valence-electron chi connectivity index (χ3n) is 2.82. The van der Waals surface area contributed by atoms with E-state index < -0.39 is 5.97 Å². The third kappa shape index (κ3) is 3.07. The molecule has 2 N–H and O–H groups in total. The Bertz CT molecular complexity index is 584. The number of pyridine rings is 2. The summed E-state index contributed by atoms with van der Waals surface area (Å²) in [5, 5.41) is 12.3. The van der Waals surface area contributed by atoms with Crippen LogP contribution in [0, 0.1) is 6.92 Å². The lowest BCUT2D eigenvalue weighted by Gasteiger charge is -2.16. The quantitative estimate of drug-likeness (QED) is 0.880. The van der Waals surface area contributed by atoms with Gasteiger partial charge in [-0.15, -0.1) is 0 Å². The molecule has 2 heterocycles. The summed E-state index contributed by atoms with van der Waals surface area (Å²) in [7, 11) is 0. The topological polar surface area (TPSA) is 75.1 Å². The Balaban J connectivity index is 2.28. The molecule has 0 fully saturated rings. The normalized spacial score (nSPS) is 11.9. The number of carbonyl (C=O) groups is 1. The standard InChI is InChI=1S/C14H15N3O2/c1-9-3-4-12(14(18)19)13(16-9)17-10(2)11-5-7-15-8-6-11/h3-8,10H,1-2H3,(H,16,17)(H,18,19). The number of aromatic nitrogens is 2. The first kappa shape index (κ1) is 13.0. The van der Waals surface area contributed by atoms with Gasteiger partial charge in [0.15, 0.2) is 0 Å². The Hall–Kier alpha value is -2.43. The van der Waals surface area contributed by atoms with Gasteiger partial charge in [-0.3, -0.25) is 4.98 Å². The minimum atomic E-state index is -0.989. The monoisotopic (exact) mass is 257 g/mol. The fourth-order valence-electron chi connectivity index (χ4n) is 1.78. The van der Waals surface area contributed by atoms with Crippen molar-refractivity contribution in [2.24, 2.45) is 0 Å². The van der Waals surface area contributed by atoms with Crippen LogP contribution in [0.25, 0.3) is 0 Å².